The van der Waals surface area contributed by atoms with E-state index in [-0.39, 0.29) is 35.8 Å². The fourth-order valence-corrected chi connectivity index (χ4v) is 4.82. The maximum atomic E-state index is 12.4. The first-order valence-corrected chi connectivity index (χ1v) is 11.9. The predicted molar refractivity (Wildman–Crippen MR) is 127 cm³/mol. The molecule has 1 amide bonds. The average Bonchev–Trinajstić information content (AvgIpc) is 3.14. The molecule has 1 saturated heterocycles. The minimum absolute atomic E-state index is 0.0282. The molecule has 0 bridgehead atoms. The molecule has 34 heavy (non-hydrogen) atoms. The first kappa shape index (κ1) is 24.8. The van der Waals surface area contributed by atoms with E-state index in [4.69, 9.17) is 21.1 Å². The number of carbonyl (C=O) groups excluding carboxylic acids is 1. The third-order valence-electron chi connectivity index (χ3n) is 6.39. The van der Waals surface area contributed by atoms with Crippen molar-refractivity contribution in [1.82, 2.24) is 10.2 Å². The number of halogens is 1. The molecule has 0 aliphatic carbocycles. The lowest BCUT2D eigenvalue weighted by molar-refractivity contribution is -0.0835. The fourth-order valence-electron chi connectivity index (χ4n) is 4.62. The van der Waals surface area contributed by atoms with Crippen LogP contribution < -0.4 is 10.1 Å². The molecular weight excluding hydrogens is 460 g/mol. The number of β-amino-alcohol motifs (C(OH)–C–C–N with tert-alkyl or cyclic N) is 1. The molecule has 4 rings (SSSR count). The van der Waals surface area contributed by atoms with Crippen LogP contribution in [-0.2, 0) is 16.9 Å². The Bertz CT molecular complexity index is 1020. The van der Waals surface area contributed by atoms with Crippen LogP contribution in [0.1, 0.15) is 41.3 Å². The van der Waals surface area contributed by atoms with Gasteiger partial charge in [-0.25, -0.2) is 0 Å². The summed E-state index contributed by atoms with van der Waals surface area (Å²) in [6.07, 6.45) is 0.197. The molecule has 1 fully saturated rings. The third-order valence-corrected chi connectivity index (χ3v) is 6.63. The lowest BCUT2D eigenvalue weighted by Gasteiger charge is -2.39. The number of ether oxygens (including phenoxy) is 2. The highest BCUT2D eigenvalue weighted by Crippen LogP contribution is 2.44. The number of rotatable bonds is 8. The molecule has 0 aromatic heterocycles. The number of carbonyl (C=O) groups is 1. The van der Waals surface area contributed by atoms with Gasteiger partial charge in [0.1, 0.15) is 24.2 Å². The van der Waals surface area contributed by atoms with E-state index in [0.29, 0.717) is 13.2 Å². The summed E-state index contributed by atoms with van der Waals surface area (Å²) in [5.41, 5.74) is 2.30. The van der Waals surface area contributed by atoms with E-state index >= 15 is 0 Å². The van der Waals surface area contributed by atoms with Crippen LogP contribution in [0.15, 0.2) is 36.4 Å². The molecule has 2 aromatic carbocycles. The van der Waals surface area contributed by atoms with Crippen molar-refractivity contribution in [3.05, 3.63) is 58.1 Å². The topological polar surface area (TPSA) is 111 Å². The van der Waals surface area contributed by atoms with E-state index in [1.165, 1.54) is 23.8 Å². The smallest absolute Gasteiger partial charge is 0.255 e. The Balaban J connectivity index is 1.30. The monoisotopic (exact) mass is 490 g/mol. The zero-order chi connectivity index (χ0) is 24.3. The van der Waals surface area contributed by atoms with Crippen LogP contribution in [0.3, 0.4) is 0 Å². The number of phenols is 1. The molecule has 2 atom stereocenters. The zero-order valence-corrected chi connectivity index (χ0v) is 19.9. The molecule has 1 spiro atoms. The summed E-state index contributed by atoms with van der Waals surface area (Å²) in [4.78, 5) is 14.6. The predicted octanol–water partition coefficient (Wildman–Crippen LogP) is 2.42. The molecule has 1 unspecified atom stereocenters. The van der Waals surface area contributed by atoms with Crippen LogP contribution in [0.5, 0.6) is 11.5 Å². The molecule has 0 radical (unpaired) electrons. The van der Waals surface area contributed by atoms with E-state index < -0.39 is 18.1 Å². The number of benzene rings is 2. The summed E-state index contributed by atoms with van der Waals surface area (Å²) in [7, 11) is 0. The van der Waals surface area contributed by atoms with Crippen molar-refractivity contribution in [3.8, 4) is 11.5 Å². The van der Waals surface area contributed by atoms with E-state index in [0.717, 1.165) is 36.5 Å². The zero-order valence-electron chi connectivity index (χ0n) is 19.2. The van der Waals surface area contributed by atoms with Crippen molar-refractivity contribution >= 4 is 17.5 Å². The van der Waals surface area contributed by atoms with Crippen LogP contribution in [0.2, 0.25) is 5.02 Å². The van der Waals surface area contributed by atoms with Gasteiger partial charge >= 0.3 is 0 Å². The molecule has 8 nitrogen and oxygen atoms in total. The summed E-state index contributed by atoms with van der Waals surface area (Å²) < 4.78 is 11.9. The number of piperidine rings is 1. The average molecular weight is 491 g/mol. The van der Waals surface area contributed by atoms with Gasteiger partial charge in [0.05, 0.1) is 23.9 Å². The SMILES string of the molecule is CC(O)CNC(=O)c1ccc(O)cc1OC[C@@H](O)CN1CCC2(CC1)OCc1cc(Cl)ccc12. The molecule has 184 valence electrons. The number of likely N-dealkylation sites (tertiary alicyclic amines) is 1. The molecule has 4 N–H and O–H groups in total. The Labute approximate surface area is 204 Å². The van der Waals surface area contributed by atoms with Gasteiger partial charge < -0.3 is 35.0 Å². The number of nitrogens with zero attached hydrogens (tertiary/aromatic N) is 1. The van der Waals surface area contributed by atoms with Gasteiger partial charge in [0.15, 0.2) is 0 Å². The van der Waals surface area contributed by atoms with Gasteiger partial charge in [-0.15, -0.1) is 0 Å². The Morgan fingerprint density at radius 2 is 2.00 bits per heavy atom. The number of hydrogen-bond donors (Lipinski definition) is 4. The maximum Gasteiger partial charge on any atom is 0.255 e. The highest BCUT2D eigenvalue weighted by molar-refractivity contribution is 6.30. The first-order chi connectivity index (χ1) is 16.3. The molecule has 2 aliphatic rings. The van der Waals surface area contributed by atoms with E-state index in [1.54, 1.807) is 6.92 Å². The minimum Gasteiger partial charge on any atom is -0.508 e. The van der Waals surface area contributed by atoms with Gasteiger partial charge in [-0.2, -0.15) is 0 Å². The Morgan fingerprint density at radius 3 is 2.74 bits per heavy atom. The lowest BCUT2D eigenvalue weighted by atomic mass is 9.84. The second kappa shape index (κ2) is 10.5. The van der Waals surface area contributed by atoms with Gasteiger partial charge in [-0.1, -0.05) is 17.7 Å². The second-order valence-corrected chi connectivity index (χ2v) is 9.53. The Hall–Kier alpha value is -2.36. The number of amides is 1. The van der Waals surface area contributed by atoms with Crippen LogP contribution in [-0.4, -0.2) is 71.1 Å². The van der Waals surface area contributed by atoms with Crippen LogP contribution in [0.4, 0.5) is 0 Å². The number of nitrogens with one attached hydrogen (secondary N) is 1. The Kier molecular flexibility index (Phi) is 7.64. The number of aromatic hydroxyl groups is 1. The standard InChI is InChI=1S/C25H31ClN2O6/c1-16(29)12-27-24(32)21-4-3-19(30)11-23(21)33-15-20(31)13-28-8-6-25(7-9-28)22-5-2-18(26)10-17(22)14-34-25/h2-5,10-11,16,20,29-31H,6-9,12-15H2,1H3,(H,27,32)/t16?,20-/m0/s1. The lowest BCUT2D eigenvalue weighted by Crippen LogP contribution is -2.46. The molecule has 2 heterocycles. The number of hydrogen-bond acceptors (Lipinski definition) is 7. The van der Waals surface area contributed by atoms with Gasteiger partial charge in [-0.3, -0.25) is 4.79 Å². The van der Waals surface area contributed by atoms with Gasteiger partial charge in [-0.05, 0) is 55.2 Å². The Morgan fingerprint density at radius 1 is 1.24 bits per heavy atom. The first-order valence-electron chi connectivity index (χ1n) is 11.5. The molecule has 2 aromatic rings. The van der Waals surface area contributed by atoms with Crippen LogP contribution in [0.25, 0.3) is 0 Å². The van der Waals surface area contributed by atoms with Gasteiger partial charge in [0, 0.05) is 37.3 Å². The van der Waals surface area contributed by atoms with Crippen molar-refractivity contribution in [1.29, 1.82) is 0 Å². The summed E-state index contributed by atoms with van der Waals surface area (Å²) >= 11 is 6.12. The van der Waals surface area contributed by atoms with Crippen molar-refractivity contribution in [2.45, 2.75) is 44.2 Å². The number of aliphatic hydroxyl groups is 2. The summed E-state index contributed by atoms with van der Waals surface area (Å²) in [6.45, 7) is 4.19. The van der Waals surface area contributed by atoms with Crippen molar-refractivity contribution in [3.63, 3.8) is 0 Å². The number of phenolic OH excluding ortho intramolecular Hbond substituents is 1. The maximum absolute atomic E-state index is 12.4. The molecular formula is C25H31ClN2O6. The summed E-state index contributed by atoms with van der Waals surface area (Å²) in [5, 5.41) is 33.1. The summed E-state index contributed by atoms with van der Waals surface area (Å²) in [6, 6.07) is 10.1. The largest absolute Gasteiger partial charge is 0.508 e. The second-order valence-electron chi connectivity index (χ2n) is 9.09. The van der Waals surface area contributed by atoms with Gasteiger partial charge in [0.2, 0.25) is 0 Å². The highest BCUT2D eigenvalue weighted by Gasteiger charge is 2.42. The quantitative estimate of drug-likeness (QED) is 0.449. The molecule has 2 aliphatic heterocycles. The highest BCUT2D eigenvalue weighted by atomic mass is 35.5. The van der Waals surface area contributed by atoms with Crippen LogP contribution in [0, 0.1) is 0 Å². The van der Waals surface area contributed by atoms with Crippen molar-refractivity contribution < 1.29 is 29.6 Å². The number of fused-ring (bicyclic) bond motifs is 2. The van der Waals surface area contributed by atoms with Crippen molar-refractivity contribution in [2.24, 2.45) is 0 Å². The molecule has 9 heteroatoms. The van der Waals surface area contributed by atoms with Crippen LogP contribution >= 0.6 is 11.6 Å². The van der Waals surface area contributed by atoms with E-state index in [9.17, 15) is 20.1 Å². The third kappa shape index (κ3) is 5.64. The van der Waals surface area contributed by atoms with E-state index in [2.05, 4.69) is 16.3 Å². The summed E-state index contributed by atoms with van der Waals surface area (Å²) in [5.74, 6) is -0.296. The minimum atomic E-state index is -0.777. The number of aliphatic hydroxyl groups excluding tert-OH is 2. The normalized spacial score (nSPS) is 18.9. The van der Waals surface area contributed by atoms with Gasteiger partial charge in [0.25, 0.3) is 5.91 Å². The molecule has 0 saturated carbocycles. The fraction of sp³-hybridized carbons (Fsp3) is 0.480. The van der Waals surface area contributed by atoms with Crippen molar-refractivity contribution in [2.75, 3.05) is 32.8 Å². The van der Waals surface area contributed by atoms with E-state index in [1.807, 2.05) is 12.1 Å².